The van der Waals surface area contributed by atoms with Crippen LogP contribution in [0.3, 0.4) is 0 Å². The number of methoxy groups -OCH3 is 1. The Balaban J connectivity index is 1.75. The van der Waals surface area contributed by atoms with E-state index in [-0.39, 0.29) is 0 Å². The molecule has 0 saturated heterocycles. The zero-order chi connectivity index (χ0) is 17.2. The number of rotatable bonds is 7. The minimum absolute atomic E-state index is 0.568. The number of nitroso groups, excluding NO2 is 1. The van der Waals surface area contributed by atoms with E-state index >= 15 is 0 Å². The van der Waals surface area contributed by atoms with Crippen molar-refractivity contribution in [1.82, 2.24) is 0 Å². The highest BCUT2D eigenvalue weighted by Crippen LogP contribution is 2.20. The number of ether oxygens (including phenoxy) is 2. The second kappa shape index (κ2) is 9.21. The van der Waals surface area contributed by atoms with Gasteiger partial charge in [-0.3, -0.25) is 0 Å². The second-order valence-electron chi connectivity index (χ2n) is 5.08. The van der Waals surface area contributed by atoms with Gasteiger partial charge in [-0.15, -0.1) is 4.91 Å². The van der Waals surface area contributed by atoms with Crippen molar-refractivity contribution in [1.29, 1.82) is 0 Å². The summed E-state index contributed by atoms with van der Waals surface area (Å²) in [6, 6.07) is 14.9. The van der Waals surface area contributed by atoms with E-state index in [1.807, 2.05) is 36.4 Å². The van der Waals surface area contributed by atoms with Crippen LogP contribution in [0.2, 0.25) is 0 Å². The normalized spacial score (nSPS) is 9.58. The summed E-state index contributed by atoms with van der Waals surface area (Å²) in [7, 11) is 3.24. The van der Waals surface area contributed by atoms with Crippen molar-refractivity contribution in [3.8, 4) is 23.3 Å². The van der Waals surface area contributed by atoms with Crippen LogP contribution >= 0.6 is 0 Å². The average Bonchev–Trinajstić information content (AvgIpc) is 2.64. The number of nitrogens with zero attached hydrogens (tertiary/aromatic N) is 2. The van der Waals surface area contributed by atoms with Gasteiger partial charge in [0.05, 0.1) is 24.7 Å². The number of hydrogen-bond acceptors (Lipinski definition) is 4. The van der Waals surface area contributed by atoms with Crippen LogP contribution in [0.15, 0.2) is 53.8 Å². The molecule has 0 N–H and O–H groups in total. The molecule has 124 valence electrons. The smallest absolute Gasteiger partial charge is 0.121 e. The van der Waals surface area contributed by atoms with Crippen LogP contribution in [0.25, 0.3) is 0 Å². The Morgan fingerprint density at radius 3 is 2.62 bits per heavy atom. The van der Waals surface area contributed by atoms with Gasteiger partial charge in [-0.05, 0) is 42.8 Å². The maximum Gasteiger partial charge on any atom is 0.121 e. The van der Waals surface area contributed by atoms with Crippen molar-refractivity contribution in [2.45, 2.75) is 12.8 Å². The standard InChI is InChI=1S/C19H20N2O3/c1-21(20-22)17-8-6-9-19(15-17)24-14-5-3-4-7-16-10-12-18(23-2)13-11-16/h6,8-13,15H,3,5,14H2,1-2H3. The maximum absolute atomic E-state index is 10.5. The molecule has 0 aliphatic heterocycles. The van der Waals surface area contributed by atoms with Gasteiger partial charge in [0.25, 0.3) is 0 Å². The third kappa shape index (κ3) is 5.33. The lowest BCUT2D eigenvalue weighted by molar-refractivity contribution is 0.313. The van der Waals surface area contributed by atoms with E-state index in [9.17, 15) is 4.91 Å². The summed E-state index contributed by atoms with van der Waals surface area (Å²) in [4.78, 5) is 10.5. The molecule has 0 aliphatic rings. The lowest BCUT2D eigenvalue weighted by Crippen LogP contribution is -2.06. The van der Waals surface area contributed by atoms with Gasteiger partial charge in [0, 0.05) is 25.1 Å². The Morgan fingerprint density at radius 1 is 1.12 bits per heavy atom. The number of anilines is 1. The largest absolute Gasteiger partial charge is 0.497 e. The molecule has 0 aromatic heterocycles. The van der Waals surface area contributed by atoms with E-state index in [0.717, 1.165) is 24.2 Å². The first kappa shape index (κ1) is 17.4. The molecule has 24 heavy (non-hydrogen) atoms. The fourth-order valence-electron chi connectivity index (χ4n) is 2.01. The molecule has 0 amide bonds. The molecule has 0 heterocycles. The van der Waals surface area contributed by atoms with Gasteiger partial charge >= 0.3 is 0 Å². The predicted molar refractivity (Wildman–Crippen MR) is 95.2 cm³/mol. The van der Waals surface area contributed by atoms with E-state index in [4.69, 9.17) is 9.47 Å². The lowest BCUT2D eigenvalue weighted by atomic mass is 10.2. The van der Waals surface area contributed by atoms with Crippen molar-refractivity contribution in [3.63, 3.8) is 0 Å². The Morgan fingerprint density at radius 2 is 1.92 bits per heavy atom. The Hall–Kier alpha value is -3.00. The quantitative estimate of drug-likeness (QED) is 0.334. The maximum atomic E-state index is 10.5. The van der Waals surface area contributed by atoms with Crippen molar-refractivity contribution < 1.29 is 9.47 Å². The first-order valence-corrected chi connectivity index (χ1v) is 7.65. The topological polar surface area (TPSA) is 51.1 Å². The van der Waals surface area contributed by atoms with Crippen LogP contribution in [-0.4, -0.2) is 20.8 Å². The summed E-state index contributed by atoms with van der Waals surface area (Å²) in [6.45, 7) is 0.568. The molecule has 0 fully saturated rings. The summed E-state index contributed by atoms with van der Waals surface area (Å²) in [6.07, 6.45) is 1.58. The first-order valence-electron chi connectivity index (χ1n) is 7.65. The summed E-state index contributed by atoms with van der Waals surface area (Å²) < 4.78 is 10.8. The third-order valence-corrected chi connectivity index (χ3v) is 3.35. The number of hydrogen-bond donors (Lipinski definition) is 0. The van der Waals surface area contributed by atoms with Crippen molar-refractivity contribution in [3.05, 3.63) is 59.0 Å². The fraction of sp³-hybridized carbons (Fsp3) is 0.263. The van der Waals surface area contributed by atoms with Crippen molar-refractivity contribution in [2.24, 2.45) is 5.29 Å². The molecule has 5 heteroatoms. The average molecular weight is 324 g/mol. The molecule has 0 aliphatic carbocycles. The third-order valence-electron chi connectivity index (χ3n) is 3.35. The van der Waals surface area contributed by atoms with Crippen molar-refractivity contribution in [2.75, 3.05) is 25.8 Å². The molecule has 2 rings (SSSR count). The van der Waals surface area contributed by atoms with E-state index in [1.165, 1.54) is 5.01 Å². The van der Waals surface area contributed by atoms with Gasteiger partial charge in [0.1, 0.15) is 11.5 Å². The molecule has 5 nitrogen and oxygen atoms in total. The first-order chi connectivity index (χ1) is 11.7. The van der Waals surface area contributed by atoms with E-state index in [2.05, 4.69) is 17.1 Å². The van der Waals surface area contributed by atoms with Crippen LogP contribution in [0, 0.1) is 16.7 Å². The monoisotopic (exact) mass is 324 g/mol. The van der Waals surface area contributed by atoms with Gasteiger partial charge in [-0.25, -0.2) is 5.01 Å². The number of benzene rings is 2. The van der Waals surface area contributed by atoms with E-state index in [0.29, 0.717) is 18.0 Å². The van der Waals surface area contributed by atoms with Crippen LogP contribution in [0.5, 0.6) is 11.5 Å². The molecule has 2 aromatic rings. The summed E-state index contributed by atoms with van der Waals surface area (Å²) in [5.74, 6) is 7.78. The highest BCUT2D eigenvalue weighted by Gasteiger charge is 2.01. The van der Waals surface area contributed by atoms with Crippen LogP contribution in [-0.2, 0) is 0 Å². The second-order valence-corrected chi connectivity index (χ2v) is 5.08. The fourth-order valence-corrected chi connectivity index (χ4v) is 2.01. The summed E-state index contributed by atoms with van der Waals surface area (Å²) in [5.41, 5.74) is 1.66. The van der Waals surface area contributed by atoms with Gasteiger partial charge in [-0.1, -0.05) is 17.9 Å². The summed E-state index contributed by atoms with van der Waals surface area (Å²) in [5, 5.41) is 4.12. The summed E-state index contributed by atoms with van der Waals surface area (Å²) >= 11 is 0. The minimum Gasteiger partial charge on any atom is -0.497 e. The van der Waals surface area contributed by atoms with E-state index < -0.39 is 0 Å². The zero-order valence-electron chi connectivity index (χ0n) is 13.9. The highest BCUT2D eigenvalue weighted by molar-refractivity contribution is 5.49. The molecular weight excluding hydrogens is 304 g/mol. The molecule has 2 aromatic carbocycles. The minimum atomic E-state index is 0.568. The van der Waals surface area contributed by atoms with Gasteiger partial charge < -0.3 is 9.47 Å². The van der Waals surface area contributed by atoms with Crippen LogP contribution in [0.4, 0.5) is 5.69 Å². The van der Waals surface area contributed by atoms with Crippen molar-refractivity contribution >= 4 is 5.69 Å². The Bertz CT molecular complexity index is 717. The molecular formula is C19H20N2O3. The van der Waals surface area contributed by atoms with Gasteiger partial charge in [-0.2, -0.15) is 0 Å². The van der Waals surface area contributed by atoms with Crippen LogP contribution < -0.4 is 14.5 Å². The Kier molecular flexibility index (Phi) is 6.66. The molecule has 0 spiro atoms. The molecule has 0 bridgehead atoms. The molecule has 0 unspecified atom stereocenters. The van der Waals surface area contributed by atoms with Gasteiger partial charge in [0.15, 0.2) is 0 Å². The van der Waals surface area contributed by atoms with E-state index in [1.54, 1.807) is 26.3 Å². The molecule has 0 saturated carbocycles. The molecule has 0 radical (unpaired) electrons. The predicted octanol–water partition coefficient (Wildman–Crippen LogP) is 4.02. The van der Waals surface area contributed by atoms with Crippen LogP contribution in [0.1, 0.15) is 18.4 Å². The lowest BCUT2D eigenvalue weighted by Gasteiger charge is -2.10. The SMILES string of the molecule is COc1ccc(C#CCCCOc2cccc(N(C)N=O)c2)cc1. The Labute approximate surface area is 142 Å². The zero-order valence-corrected chi connectivity index (χ0v) is 13.9. The number of unbranched alkanes of at least 4 members (excludes halogenated alkanes) is 1. The highest BCUT2D eigenvalue weighted by atomic mass is 16.5. The van der Waals surface area contributed by atoms with Gasteiger partial charge in [0.2, 0.25) is 0 Å². The molecule has 0 atom stereocenters.